The van der Waals surface area contributed by atoms with Gasteiger partial charge in [0.05, 0.1) is 0 Å². The van der Waals surface area contributed by atoms with Crippen LogP contribution in [-0.4, -0.2) is 43.1 Å². The van der Waals surface area contributed by atoms with Crippen LogP contribution in [0.3, 0.4) is 0 Å². The Morgan fingerprint density at radius 2 is 1.91 bits per heavy atom. The number of hydrogen-bond acceptors (Lipinski definition) is 4. The molecule has 0 bridgehead atoms. The molecular formula is C19H27N3S. The largest absolute Gasteiger partial charge is 0.354 e. The fraction of sp³-hybridized carbons (Fsp3) is 0.526. The molecule has 2 aromatic heterocycles. The topological polar surface area (TPSA) is 19.4 Å². The molecule has 1 aliphatic rings. The standard InChI is InChI=1S/C19H27N3S/c1-15(2)4-5-18-12-17(16-6-11-23-14-16)13-19(20-18)22-9-7-21(3)8-10-22/h6,11-15H,4-5,7-10H2,1-3H3. The van der Waals surface area contributed by atoms with E-state index in [1.54, 1.807) is 11.3 Å². The van der Waals surface area contributed by atoms with Crippen molar-refractivity contribution in [1.82, 2.24) is 9.88 Å². The normalized spacial score (nSPS) is 16.3. The zero-order valence-electron chi connectivity index (χ0n) is 14.5. The van der Waals surface area contributed by atoms with E-state index in [9.17, 15) is 0 Å². The quantitative estimate of drug-likeness (QED) is 0.821. The second-order valence-corrected chi connectivity index (χ2v) is 7.72. The van der Waals surface area contributed by atoms with E-state index in [4.69, 9.17) is 4.98 Å². The Balaban J connectivity index is 1.88. The number of pyridine rings is 1. The second-order valence-electron chi connectivity index (χ2n) is 6.94. The van der Waals surface area contributed by atoms with Gasteiger partial charge in [0, 0.05) is 31.9 Å². The average molecular weight is 330 g/mol. The summed E-state index contributed by atoms with van der Waals surface area (Å²) in [6.45, 7) is 8.94. The zero-order valence-corrected chi connectivity index (χ0v) is 15.3. The van der Waals surface area contributed by atoms with Gasteiger partial charge >= 0.3 is 0 Å². The Morgan fingerprint density at radius 3 is 2.57 bits per heavy atom. The summed E-state index contributed by atoms with van der Waals surface area (Å²) < 4.78 is 0. The van der Waals surface area contributed by atoms with E-state index >= 15 is 0 Å². The molecule has 0 aliphatic carbocycles. The lowest BCUT2D eigenvalue weighted by molar-refractivity contribution is 0.312. The molecule has 1 saturated heterocycles. The van der Waals surface area contributed by atoms with Crippen molar-refractivity contribution in [3.63, 3.8) is 0 Å². The van der Waals surface area contributed by atoms with Crippen molar-refractivity contribution in [2.24, 2.45) is 5.92 Å². The summed E-state index contributed by atoms with van der Waals surface area (Å²) in [6, 6.07) is 6.76. The Morgan fingerprint density at radius 1 is 1.13 bits per heavy atom. The number of hydrogen-bond donors (Lipinski definition) is 0. The molecule has 0 aromatic carbocycles. The number of nitrogens with zero attached hydrogens (tertiary/aromatic N) is 3. The molecule has 0 atom stereocenters. The highest BCUT2D eigenvalue weighted by Crippen LogP contribution is 2.27. The predicted molar refractivity (Wildman–Crippen MR) is 100 cm³/mol. The molecule has 0 unspecified atom stereocenters. The number of rotatable bonds is 5. The third-order valence-electron chi connectivity index (χ3n) is 4.52. The molecule has 0 N–H and O–H groups in total. The summed E-state index contributed by atoms with van der Waals surface area (Å²) in [4.78, 5) is 9.80. The Kier molecular flexibility index (Phi) is 5.34. The number of aryl methyl sites for hydroxylation is 1. The molecule has 2 aromatic rings. The van der Waals surface area contributed by atoms with Crippen LogP contribution >= 0.6 is 11.3 Å². The molecular weight excluding hydrogens is 302 g/mol. The van der Waals surface area contributed by atoms with Gasteiger partial charge in [0.25, 0.3) is 0 Å². The van der Waals surface area contributed by atoms with Gasteiger partial charge in [0.2, 0.25) is 0 Å². The summed E-state index contributed by atoms with van der Waals surface area (Å²) >= 11 is 1.76. The maximum atomic E-state index is 4.97. The lowest BCUT2D eigenvalue weighted by Gasteiger charge is -2.33. The van der Waals surface area contributed by atoms with Crippen LogP contribution < -0.4 is 4.90 Å². The number of likely N-dealkylation sites (N-methyl/N-ethyl adjacent to an activating group) is 1. The van der Waals surface area contributed by atoms with Crippen LogP contribution in [0.15, 0.2) is 29.0 Å². The summed E-state index contributed by atoms with van der Waals surface area (Å²) in [5.41, 5.74) is 3.86. The predicted octanol–water partition coefficient (Wildman–Crippen LogP) is 4.15. The van der Waals surface area contributed by atoms with E-state index in [2.05, 4.69) is 59.7 Å². The van der Waals surface area contributed by atoms with Gasteiger partial charge in [-0.1, -0.05) is 13.8 Å². The molecule has 0 radical (unpaired) electrons. The zero-order chi connectivity index (χ0) is 16.2. The first-order chi connectivity index (χ1) is 11.1. The number of anilines is 1. The third kappa shape index (κ3) is 4.33. The van der Waals surface area contributed by atoms with Crippen LogP contribution in [-0.2, 0) is 6.42 Å². The minimum absolute atomic E-state index is 0.716. The highest BCUT2D eigenvalue weighted by molar-refractivity contribution is 7.08. The molecule has 0 amide bonds. The van der Waals surface area contributed by atoms with Gasteiger partial charge in [-0.15, -0.1) is 0 Å². The van der Waals surface area contributed by atoms with Crippen molar-refractivity contribution >= 4 is 17.2 Å². The highest BCUT2D eigenvalue weighted by atomic mass is 32.1. The van der Waals surface area contributed by atoms with E-state index in [1.807, 2.05) is 0 Å². The molecule has 23 heavy (non-hydrogen) atoms. The fourth-order valence-corrected chi connectivity index (χ4v) is 3.59. The Hall–Kier alpha value is -1.39. The monoisotopic (exact) mass is 329 g/mol. The Labute approximate surface area is 144 Å². The van der Waals surface area contributed by atoms with Crippen molar-refractivity contribution in [1.29, 1.82) is 0 Å². The lowest BCUT2D eigenvalue weighted by atomic mass is 10.0. The maximum absolute atomic E-state index is 4.97. The van der Waals surface area contributed by atoms with E-state index in [1.165, 1.54) is 23.2 Å². The Bertz CT molecular complexity index is 614. The number of thiophene rings is 1. The van der Waals surface area contributed by atoms with Gasteiger partial charge in [-0.2, -0.15) is 11.3 Å². The number of piperazine rings is 1. The van der Waals surface area contributed by atoms with Crippen molar-refractivity contribution in [2.75, 3.05) is 38.1 Å². The summed E-state index contributed by atoms with van der Waals surface area (Å²) in [5.74, 6) is 1.87. The maximum Gasteiger partial charge on any atom is 0.129 e. The first kappa shape index (κ1) is 16.5. The molecule has 4 heteroatoms. The van der Waals surface area contributed by atoms with Crippen LogP contribution in [0, 0.1) is 5.92 Å². The number of aromatic nitrogens is 1. The molecule has 3 heterocycles. The molecule has 0 saturated carbocycles. The van der Waals surface area contributed by atoms with Crippen molar-refractivity contribution < 1.29 is 0 Å². The lowest BCUT2D eigenvalue weighted by Crippen LogP contribution is -2.44. The SMILES string of the molecule is CC(C)CCc1cc(-c2ccsc2)cc(N2CCN(C)CC2)n1. The van der Waals surface area contributed by atoms with Crippen LogP contribution in [0.1, 0.15) is 26.0 Å². The molecule has 1 fully saturated rings. The van der Waals surface area contributed by atoms with Gasteiger partial charge in [-0.3, -0.25) is 0 Å². The van der Waals surface area contributed by atoms with Gasteiger partial charge in [-0.05, 0) is 65.9 Å². The van der Waals surface area contributed by atoms with E-state index < -0.39 is 0 Å². The second kappa shape index (κ2) is 7.45. The van der Waals surface area contributed by atoms with Crippen LogP contribution in [0.25, 0.3) is 11.1 Å². The fourth-order valence-electron chi connectivity index (χ4n) is 2.93. The summed E-state index contributed by atoms with van der Waals surface area (Å²) in [7, 11) is 2.20. The molecule has 3 rings (SSSR count). The third-order valence-corrected chi connectivity index (χ3v) is 5.21. The first-order valence-electron chi connectivity index (χ1n) is 8.59. The van der Waals surface area contributed by atoms with Gasteiger partial charge < -0.3 is 9.80 Å². The minimum Gasteiger partial charge on any atom is -0.354 e. The van der Waals surface area contributed by atoms with Crippen LogP contribution in [0.4, 0.5) is 5.82 Å². The molecule has 0 spiro atoms. The first-order valence-corrected chi connectivity index (χ1v) is 9.53. The summed E-state index contributed by atoms with van der Waals surface area (Å²) in [6.07, 6.45) is 2.26. The molecule has 1 aliphatic heterocycles. The molecule has 3 nitrogen and oxygen atoms in total. The van der Waals surface area contributed by atoms with E-state index in [0.717, 1.165) is 38.4 Å². The average Bonchev–Trinajstić information content (AvgIpc) is 3.08. The van der Waals surface area contributed by atoms with Crippen molar-refractivity contribution in [3.8, 4) is 11.1 Å². The van der Waals surface area contributed by atoms with Crippen molar-refractivity contribution in [2.45, 2.75) is 26.7 Å². The van der Waals surface area contributed by atoms with Gasteiger partial charge in [0.1, 0.15) is 5.82 Å². The molecule has 124 valence electrons. The van der Waals surface area contributed by atoms with Crippen molar-refractivity contribution in [3.05, 3.63) is 34.7 Å². The van der Waals surface area contributed by atoms with Crippen LogP contribution in [0.2, 0.25) is 0 Å². The van der Waals surface area contributed by atoms with Gasteiger partial charge in [-0.25, -0.2) is 4.98 Å². The highest BCUT2D eigenvalue weighted by Gasteiger charge is 2.17. The van der Waals surface area contributed by atoms with Crippen LogP contribution in [0.5, 0.6) is 0 Å². The van der Waals surface area contributed by atoms with E-state index in [0.29, 0.717) is 5.92 Å². The smallest absolute Gasteiger partial charge is 0.129 e. The minimum atomic E-state index is 0.716. The van der Waals surface area contributed by atoms with E-state index in [-0.39, 0.29) is 0 Å². The van der Waals surface area contributed by atoms with Gasteiger partial charge in [0.15, 0.2) is 0 Å². The summed E-state index contributed by atoms with van der Waals surface area (Å²) in [5, 5.41) is 4.38.